The van der Waals surface area contributed by atoms with Crippen LogP contribution in [0, 0.1) is 30.5 Å². The van der Waals surface area contributed by atoms with Gasteiger partial charge in [-0.2, -0.15) is 14.5 Å². The lowest BCUT2D eigenvalue weighted by Gasteiger charge is -2.38. The van der Waals surface area contributed by atoms with Gasteiger partial charge in [-0.25, -0.2) is 9.07 Å². The number of piperidine rings is 1. The van der Waals surface area contributed by atoms with Crippen molar-refractivity contribution >= 4 is 16.5 Å². The molecule has 1 saturated carbocycles. The molecule has 1 aliphatic carbocycles. The van der Waals surface area contributed by atoms with Crippen LogP contribution >= 0.6 is 11.5 Å². The van der Waals surface area contributed by atoms with Crippen LogP contribution in [-0.4, -0.2) is 32.2 Å². The average molecular weight is 442 g/mol. The largest absolute Gasteiger partial charge is 0.421 e. The van der Waals surface area contributed by atoms with Crippen molar-refractivity contribution in [3.63, 3.8) is 0 Å². The van der Waals surface area contributed by atoms with Crippen molar-refractivity contribution in [1.29, 1.82) is 0 Å². The highest BCUT2D eigenvalue weighted by molar-refractivity contribution is 7.10. The molecule has 0 radical (unpaired) electrons. The molecule has 0 N–H and O–H groups in total. The Labute approximate surface area is 186 Å². The topological polar surface area (TPSA) is 56.1 Å². The lowest BCUT2D eigenvalue weighted by atomic mass is 9.82. The number of anilines is 1. The maximum absolute atomic E-state index is 14.1. The summed E-state index contributed by atoms with van der Waals surface area (Å²) in [5.74, 6) is 2.44. The molecule has 3 aromatic rings. The number of rotatable bonds is 6. The number of aromatic nitrogens is 4. The Bertz CT molecular complexity index is 1050. The molecule has 0 spiro atoms. The van der Waals surface area contributed by atoms with E-state index < -0.39 is 5.82 Å². The van der Waals surface area contributed by atoms with Gasteiger partial charge in [0.05, 0.1) is 11.7 Å². The first kappa shape index (κ1) is 20.4. The molecular weight excluding hydrogens is 413 g/mol. The number of nitrogens with zero attached hydrogens (tertiary/aromatic N) is 5. The molecule has 5 rings (SSSR count). The third kappa shape index (κ3) is 4.05. The van der Waals surface area contributed by atoms with Crippen LogP contribution < -0.4 is 9.64 Å². The molecule has 1 aromatic carbocycles. The molecular formula is C23H28FN5OS. The molecule has 1 saturated heterocycles. The summed E-state index contributed by atoms with van der Waals surface area (Å²) in [6.45, 7) is 8.27. The third-order valence-corrected chi connectivity index (χ3v) is 7.49. The van der Waals surface area contributed by atoms with Crippen molar-refractivity contribution in [2.24, 2.45) is 17.8 Å². The number of benzene rings is 1. The molecule has 3 atom stereocenters. The monoisotopic (exact) mass is 441 g/mol. The van der Waals surface area contributed by atoms with Crippen LogP contribution in [0.2, 0.25) is 0 Å². The Hall–Kier alpha value is -2.48. The second-order valence-corrected chi connectivity index (χ2v) is 9.84. The van der Waals surface area contributed by atoms with Gasteiger partial charge in [0.1, 0.15) is 5.00 Å². The number of hydrogen-bond acceptors (Lipinski definition) is 6. The van der Waals surface area contributed by atoms with Gasteiger partial charge < -0.3 is 9.64 Å². The van der Waals surface area contributed by atoms with Gasteiger partial charge in [-0.3, -0.25) is 0 Å². The Balaban J connectivity index is 1.33. The first-order valence-corrected chi connectivity index (χ1v) is 11.8. The van der Waals surface area contributed by atoms with E-state index in [0.29, 0.717) is 23.8 Å². The maximum Gasteiger partial charge on any atom is 0.320 e. The Morgan fingerprint density at radius 1 is 1.19 bits per heavy atom. The summed E-state index contributed by atoms with van der Waals surface area (Å²) in [5, 5.41) is 6.03. The first-order chi connectivity index (χ1) is 15.0. The number of para-hydroxylation sites is 1. The summed E-state index contributed by atoms with van der Waals surface area (Å²) in [6.07, 6.45) is 3.36. The molecule has 1 unspecified atom stereocenters. The Morgan fingerprint density at radius 2 is 1.94 bits per heavy atom. The standard InChI is InChI=1S/C23H28FN5OS/c1-14(2)29-23(30-20-7-5-4-6-19(20)24)25-21(26-29)11-18-16-8-9-17(18)13-28(12-16)22-10-15(3)27-31-22/h4-7,10,14,16-18H,8-9,11-13H2,1-3H3/t16-,17+,18?. The predicted molar refractivity (Wildman–Crippen MR) is 119 cm³/mol. The molecule has 31 heavy (non-hydrogen) atoms. The smallest absolute Gasteiger partial charge is 0.320 e. The van der Waals surface area contributed by atoms with Crippen LogP contribution in [0.5, 0.6) is 11.8 Å². The lowest BCUT2D eigenvalue weighted by molar-refractivity contribution is 0.266. The highest BCUT2D eigenvalue weighted by atomic mass is 32.1. The van der Waals surface area contributed by atoms with E-state index in [1.54, 1.807) is 34.4 Å². The fourth-order valence-electron chi connectivity index (χ4n) is 5.03. The van der Waals surface area contributed by atoms with Gasteiger partial charge in [-0.05, 0) is 81.1 Å². The highest BCUT2D eigenvalue weighted by Gasteiger charge is 2.43. The normalized spacial score (nSPS) is 23.0. The molecule has 2 fully saturated rings. The van der Waals surface area contributed by atoms with Crippen LogP contribution in [0.4, 0.5) is 9.39 Å². The van der Waals surface area contributed by atoms with Gasteiger partial charge in [-0.1, -0.05) is 12.1 Å². The van der Waals surface area contributed by atoms with Crippen LogP contribution in [0.3, 0.4) is 0 Å². The van der Waals surface area contributed by atoms with Gasteiger partial charge >= 0.3 is 6.01 Å². The van der Waals surface area contributed by atoms with E-state index in [0.717, 1.165) is 31.0 Å². The molecule has 8 heteroatoms. The van der Waals surface area contributed by atoms with E-state index in [1.807, 2.05) is 13.8 Å². The van der Waals surface area contributed by atoms with Crippen LogP contribution in [0.15, 0.2) is 30.3 Å². The molecule has 164 valence electrons. The van der Waals surface area contributed by atoms with Crippen molar-refractivity contribution < 1.29 is 9.13 Å². The van der Waals surface area contributed by atoms with E-state index >= 15 is 0 Å². The minimum atomic E-state index is -0.397. The summed E-state index contributed by atoms with van der Waals surface area (Å²) in [7, 11) is 0. The summed E-state index contributed by atoms with van der Waals surface area (Å²) < 4.78 is 26.1. The minimum Gasteiger partial charge on any atom is -0.421 e. The van der Waals surface area contributed by atoms with Crippen molar-refractivity contribution in [1.82, 2.24) is 19.1 Å². The average Bonchev–Trinajstić information content (AvgIpc) is 3.40. The fourth-order valence-corrected chi connectivity index (χ4v) is 5.81. The number of ether oxygens (including phenoxy) is 1. The molecule has 2 aromatic heterocycles. The van der Waals surface area contributed by atoms with Crippen molar-refractivity contribution in [3.8, 4) is 11.8 Å². The number of fused-ring (bicyclic) bond motifs is 2. The molecule has 2 bridgehead atoms. The SMILES string of the molecule is Cc1cc(N2C[C@H]3CC[C@@H](C2)C3Cc2nc(Oc3ccccc3F)n(C(C)C)n2)sn1. The number of hydrogen-bond donors (Lipinski definition) is 0. The summed E-state index contributed by atoms with van der Waals surface area (Å²) >= 11 is 1.60. The third-order valence-electron chi connectivity index (χ3n) is 6.55. The summed E-state index contributed by atoms with van der Waals surface area (Å²) in [4.78, 5) is 7.19. The van der Waals surface area contributed by atoms with E-state index in [-0.39, 0.29) is 11.8 Å². The second kappa shape index (κ2) is 8.22. The van der Waals surface area contributed by atoms with E-state index in [4.69, 9.17) is 9.84 Å². The zero-order valence-electron chi connectivity index (χ0n) is 18.2. The van der Waals surface area contributed by atoms with Gasteiger partial charge in [0.15, 0.2) is 17.4 Å². The number of aryl methyl sites for hydroxylation is 1. The first-order valence-electron chi connectivity index (χ1n) is 11.0. The van der Waals surface area contributed by atoms with Crippen LogP contribution in [-0.2, 0) is 6.42 Å². The molecule has 1 aliphatic heterocycles. The highest BCUT2D eigenvalue weighted by Crippen LogP contribution is 2.45. The number of halogens is 1. The van der Waals surface area contributed by atoms with Crippen LogP contribution in [0.1, 0.15) is 44.2 Å². The zero-order valence-corrected chi connectivity index (χ0v) is 19.0. The summed E-state index contributed by atoms with van der Waals surface area (Å²) in [5.41, 5.74) is 1.10. The fraction of sp³-hybridized carbons (Fsp3) is 0.522. The Morgan fingerprint density at radius 3 is 2.58 bits per heavy atom. The molecule has 6 nitrogen and oxygen atoms in total. The van der Waals surface area contributed by atoms with Gasteiger partial charge in [0, 0.05) is 19.5 Å². The van der Waals surface area contributed by atoms with Crippen molar-refractivity contribution in [2.75, 3.05) is 18.0 Å². The second-order valence-electron chi connectivity index (χ2n) is 9.06. The molecule has 0 amide bonds. The van der Waals surface area contributed by atoms with Crippen LogP contribution in [0.25, 0.3) is 0 Å². The quantitative estimate of drug-likeness (QED) is 0.522. The maximum atomic E-state index is 14.1. The van der Waals surface area contributed by atoms with E-state index in [2.05, 4.69) is 27.2 Å². The minimum absolute atomic E-state index is 0.0798. The van der Waals surface area contributed by atoms with E-state index in [1.165, 1.54) is 23.9 Å². The predicted octanol–water partition coefficient (Wildman–Crippen LogP) is 5.26. The summed E-state index contributed by atoms with van der Waals surface area (Å²) in [6, 6.07) is 9.05. The van der Waals surface area contributed by atoms with Crippen molar-refractivity contribution in [3.05, 3.63) is 47.7 Å². The van der Waals surface area contributed by atoms with Gasteiger partial charge in [0.25, 0.3) is 0 Å². The van der Waals surface area contributed by atoms with E-state index in [9.17, 15) is 4.39 Å². The van der Waals surface area contributed by atoms with Gasteiger partial charge in [-0.15, -0.1) is 0 Å². The molecule has 2 aliphatic rings. The van der Waals surface area contributed by atoms with Crippen molar-refractivity contribution in [2.45, 2.75) is 46.1 Å². The Kier molecular flexibility index (Phi) is 5.42. The molecule has 3 heterocycles. The zero-order chi connectivity index (χ0) is 21.5. The van der Waals surface area contributed by atoms with Gasteiger partial charge in [0.2, 0.25) is 0 Å². The lowest BCUT2D eigenvalue weighted by Crippen LogP contribution is -2.42.